The Kier molecular flexibility index (Phi) is 4.05. The van der Waals surface area contributed by atoms with Crippen LogP contribution in [0.25, 0.3) is 10.8 Å². The van der Waals surface area contributed by atoms with Gasteiger partial charge in [-0.05, 0) is 25.3 Å². The molecule has 120 valence electrons. The van der Waals surface area contributed by atoms with Gasteiger partial charge in [0.2, 0.25) is 5.91 Å². The van der Waals surface area contributed by atoms with Gasteiger partial charge in [-0.15, -0.1) is 11.3 Å². The van der Waals surface area contributed by atoms with Crippen LogP contribution in [0.5, 0.6) is 0 Å². The van der Waals surface area contributed by atoms with Gasteiger partial charge in [-0.25, -0.2) is 15.0 Å². The van der Waals surface area contributed by atoms with Crippen molar-refractivity contribution in [2.75, 3.05) is 13.2 Å². The number of amides is 1. The molecule has 23 heavy (non-hydrogen) atoms. The molecule has 2 aromatic rings. The first kappa shape index (κ1) is 14.7. The molecule has 1 amide bonds. The van der Waals surface area contributed by atoms with Crippen LogP contribution in [-0.4, -0.2) is 51.1 Å². The van der Waals surface area contributed by atoms with Crippen LogP contribution in [0.3, 0.4) is 0 Å². The lowest BCUT2D eigenvalue weighted by Gasteiger charge is -2.37. The summed E-state index contributed by atoms with van der Waals surface area (Å²) in [5.74, 6) is 0.759. The third kappa shape index (κ3) is 2.98. The number of hydrogen-bond donors (Lipinski definition) is 0. The Bertz CT molecular complexity index is 690. The van der Waals surface area contributed by atoms with E-state index in [9.17, 15) is 4.79 Å². The molecule has 1 aliphatic heterocycles. The maximum atomic E-state index is 12.7. The van der Waals surface area contributed by atoms with Crippen molar-refractivity contribution in [3.05, 3.63) is 29.5 Å². The zero-order valence-corrected chi connectivity index (χ0v) is 13.5. The van der Waals surface area contributed by atoms with Crippen LogP contribution in [-0.2, 0) is 16.0 Å². The molecule has 0 spiro atoms. The summed E-state index contributed by atoms with van der Waals surface area (Å²) in [5.41, 5.74) is 0.795. The molecule has 2 unspecified atom stereocenters. The van der Waals surface area contributed by atoms with Gasteiger partial charge < -0.3 is 9.64 Å². The maximum absolute atomic E-state index is 12.7. The number of carbonyl (C=O) groups is 1. The summed E-state index contributed by atoms with van der Waals surface area (Å²) in [6.07, 6.45) is 7.23. The molecule has 1 aliphatic carbocycles. The summed E-state index contributed by atoms with van der Waals surface area (Å²) in [7, 11) is 0. The lowest BCUT2D eigenvalue weighted by Crippen LogP contribution is -2.51. The molecule has 1 saturated heterocycles. The fourth-order valence-electron chi connectivity index (χ4n) is 3.39. The van der Waals surface area contributed by atoms with Crippen molar-refractivity contribution in [2.45, 2.75) is 37.8 Å². The molecule has 2 fully saturated rings. The number of aromatic nitrogens is 3. The minimum absolute atomic E-state index is 0.149. The SMILES string of the molecule is O=C(Cc1csc(-c2ncccn2)n1)N1CCOC2CCCC21. The first-order valence-electron chi connectivity index (χ1n) is 7.94. The van der Waals surface area contributed by atoms with Crippen molar-refractivity contribution < 1.29 is 9.53 Å². The van der Waals surface area contributed by atoms with E-state index >= 15 is 0 Å². The van der Waals surface area contributed by atoms with Crippen LogP contribution in [0.15, 0.2) is 23.8 Å². The lowest BCUT2D eigenvalue weighted by atomic mass is 10.1. The van der Waals surface area contributed by atoms with Crippen LogP contribution in [0, 0.1) is 0 Å². The number of thiazole rings is 1. The third-order valence-electron chi connectivity index (χ3n) is 4.44. The topological polar surface area (TPSA) is 68.2 Å². The van der Waals surface area contributed by atoms with Gasteiger partial charge in [-0.1, -0.05) is 0 Å². The molecule has 1 saturated carbocycles. The highest BCUT2D eigenvalue weighted by atomic mass is 32.1. The molecule has 4 rings (SSSR count). The van der Waals surface area contributed by atoms with Gasteiger partial charge in [0.15, 0.2) is 10.8 Å². The van der Waals surface area contributed by atoms with Gasteiger partial charge in [0, 0.05) is 24.3 Å². The van der Waals surface area contributed by atoms with Crippen molar-refractivity contribution >= 4 is 17.2 Å². The van der Waals surface area contributed by atoms with Crippen LogP contribution >= 0.6 is 11.3 Å². The summed E-state index contributed by atoms with van der Waals surface area (Å²) >= 11 is 1.48. The fourth-order valence-corrected chi connectivity index (χ4v) is 4.16. The highest BCUT2D eigenvalue weighted by Gasteiger charge is 2.38. The molecule has 7 heteroatoms. The van der Waals surface area contributed by atoms with Crippen LogP contribution in [0.2, 0.25) is 0 Å². The van der Waals surface area contributed by atoms with Gasteiger partial charge in [0.1, 0.15) is 0 Å². The Hall–Kier alpha value is -1.86. The largest absolute Gasteiger partial charge is 0.374 e. The molecule has 2 atom stereocenters. The monoisotopic (exact) mass is 330 g/mol. The third-order valence-corrected chi connectivity index (χ3v) is 5.33. The molecular weight excluding hydrogens is 312 g/mol. The highest BCUT2D eigenvalue weighted by molar-refractivity contribution is 7.13. The predicted octanol–water partition coefficient (Wildman–Crippen LogP) is 1.92. The second-order valence-electron chi connectivity index (χ2n) is 5.89. The highest BCUT2D eigenvalue weighted by Crippen LogP contribution is 2.30. The molecule has 2 aromatic heterocycles. The van der Waals surface area contributed by atoms with Gasteiger partial charge in [-0.3, -0.25) is 4.79 Å². The summed E-state index contributed by atoms with van der Waals surface area (Å²) in [6, 6.07) is 2.03. The van der Waals surface area contributed by atoms with Gasteiger partial charge in [-0.2, -0.15) is 0 Å². The molecule has 0 radical (unpaired) electrons. The second-order valence-corrected chi connectivity index (χ2v) is 6.75. The van der Waals surface area contributed by atoms with Crippen molar-refractivity contribution in [3.8, 4) is 10.8 Å². The van der Waals surface area contributed by atoms with Crippen LogP contribution < -0.4 is 0 Å². The van der Waals surface area contributed by atoms with Crippen molar-refractivity contribution in [3.63, 3.8) is 0 Å². The molecular formula is C16H18N4O2S. The first-order valence-corrected chi connectivity index (χ1v) is 8.82. The molecule has 3 heterocycles. The van der Waals surface area contributed by atoms with E-state index in [-0.39, 0.29) is 18.1 Å². The number of hydrogen-bond acceptors (Lipinski definition) is 6. The summed E-state index contributed by atoms with van der Waals surface area (Å²) in [5, 5.41) is 2.69. The zero-order chi connectivity index (χ0) is 15.6. The Morgan fingerprint density at radius 1 is 1.35 bits per heavy atom. The van der Waals surface area contributed by atoms with Crippen molar-refractivity contribution in [2.24, 2.45) is 0 Å². The Morgan fingerprint density at radius 3 is 3.09 bits per heavy atom. The average Bonchev–Trinajstić information content (AvgIpc) is 3.24. The predicted molar refractivity (Wildman–Crippen MR) is 85.9 cm³/mol. The molecule has 0 aromatic carbocycles. The Labute approximate surface area is 138 Å². The smallest absolute Gasteiger partial charge is 0.229 e. The van der Waals surface area contributed by atoms with E-state index in [1.807, 2.05) is 10.3 Å². The van der Waals surface area contributed by atoms with E-state index in [1.165, 1.54) is 11.3 Å². The quantitative estimate of drug-likeness (QED) is 0.860. The maximum Gasteiger partial charge on any atom is 0.229 e. The molecule has 0 bridgehead atoms. The summed E-state index contributed by atoms with van der Waals surface area (Å²) < 4.78 is 5.77. The number of fused-ring (bicyclic) bond motifs is 1. The van der Waals surface area contributed by atoms with E-state index in [0.29, 0.717) is 25.4 Å². The van der Waals surface area contributed by atoms with E-state index < -0.39 is 0 Å². The minimum atomic E-state index is 0.149. The standard InChI is InChI=1S/C16H18N4O2S/c21-14(20-7-8-22-13-4-1-3-12(13)20)9-11-10-23-16(19-11)15-17-5-2-6-18-15/h2,5-6,10,12-13H,1,3-4,7-9H2. The van der Waals surface area contributed by atoms with E-state index in [2.05, 4.69) is 15.0 Å². The van der Waals surface area contributed by atoms with E-state index in [0.717, 1.165) is 30.0 Å². The van der Waals surface area contributed by atoms with E-state index in [1.54, 1.807) is 18.5 Å². The number of ether oxygens (including phenoxy) is 1. The second kappa shape index (κ2) is 6.33. The Morgan fingerprint density at radius 2 is 2.22 bits per heavy atom. The van der Waals surface area contributed by atoms with Gasteiger partial charge in [0.25, 0.3) is 0 Å². The lowest BCUT2D eigenvalue weighted by molar-refractivity contribution is -0.143. The fraction of sp³-hybridized carbons (Fsp3) is 0.500. The van der Waals surface area contributed by atoms with Crippen LogP contribution in [0.1, 0.15) is 25.0 Å². The van der Waals surface area contributed by atoms with Crippen LogP contribution in [0.4, 0.5) is 0 Å². The number of nitrogens with zero attached hydrogens (tertiary/aromatic N) is 4. The number of morpholine rings is 1. The first-order chi connectivity index (χ1) is 11.3. The van der Waals surface area contributed by atoms with Gasteiger partial charge >= 0.3 is 0 Å². The summed E-state index contributed by atoms with van der Waals surface area (Å²) in [4.78, 5) is 27.6. The Balaban J connectivity index is 1.46. The molecule has 0 N–H and O–H groups in total. The molecule has 2 aliphatic rings. The van der Waals surface area contributed by atoms with Crippen molar-refractivity contribution in [1.82, 2.24) is 19.9 Å². The zero-order valence-electron chi connectivity index (χ0n) is 12.7. The number of rotatable bonds is 3. The average molecular weight is 330 g/mol. The summed E-state index contributed by atoms with van der Waals surface area (Å²) in [6.45, 7) is 1.34. The normalized spacial score (nSPS) is 23.7. The molecule has 6 nitrogen and oxygen atoms in total. The minimum Gasteiger partial charge on any atom is -0.374 e. The van der Waals surface area contributed by atoms with Crippen molar-refractivity contribution in [1.29, 1.82) is 0 Å². The van der Waals surface area contributed by atoms with E-state index in [4.69, 9.17) is 4.74 Å². The van der Waals surface area contributed by atoms with Gasteiger partial charge in [0.05, 0.1) is 30.9 Å². The number of carbonyl (C=O) groups excluding carboxylic acids is 1.